The van der Waals surface area contributed by atoms with Crippen LogP contribution in [-0.4, -0.2) is 36.7 Å². The molecular formula is C13H16BrN3O2. The number of fused-ring (bicyclic) bond motifs is 1. The molecule has 0 radical (unpaired) electrons. The molecular weight excluding hydrogens is 310 g/mol. The number of rotatable bonds is 4. The molecule has 5 nitrogen and oxygen atoms in total. The number of carbonyl (C=O) groups excluding carboxylic acids is 1. The predicted molar refractivity (Wildman–Crippen MR) is 74.8 cm³/mol. The summed E-state index contributed by atoms with van der Waals surface area (Å²) < 4.78 is 5.95. The molecule has 1 aromatic rings. The van der Waals surface area contributed by atoms with Gasteiger partial charge in [-0.3, -0.25) is 4.79 Å². The van der Waals surface area contributed by atoms with Crippen molar-refractivity contribution < 1.29 is 9.53 Å². The molecule has 2 aliphatic rings. The van der Waals surface area contributed by atoms with Crippen LogP contribution in [0.1, 0.15) is 12.8 Å². The van der Waals surface area contributed by atoms with Gasteiger partial charge in [-0.15, -0.1) is 0 Å². The molecule has 1 saturated carbocycles. The van der Waals surface area contributed by atoms with E-state index >= 15 is 0 Å². The van der Waals surface area contributed by atoms with E-state index < -0.39 is 0 Å². The van der Waals surface area contributed by atoms with Gasteiger partial charge in [0.15, 0.2) is 0 Å². The van der Waals surface area contributed by atoms with Gasteiger partial charge >= 0.3 is 0 Å². The van der Waals surface area contributed by atoms with Crippen LogP contribution in [0.5, 0.6) is 0 Å². The maximum atomic E-state index is 12.2. The van der Waals surface area contributed by atoms with Gasteiger partial charge in [0.25, 0.3) is 0 Å². The highest BCUT2D eigenvalue weighted by Crippen LogP contribution is 2.54. The molecule has 0 spiro atoms. The highest BCUT2D eigenvalue weighted by molar-refractivity contribution is 9.10. The van der Waals surface area contributed by atoms with Crippen LogP contribution in [0.2, 0.25) is 0 Å². The molecule has 19 heavy (non-hydrogen) atoms. The maximum absolute atomic E-state index is 12.2. The average molecular weight is 326 g/mol. The standard InChI is InChI=1S/C13H16BrN3O2/c1-19-7-13-5-8(15-9(13)6-13)12(18)17-11-4-2-3-10(14)16-11/h2-4,8-9,15H,5-7H2,1H3,(H,16,17,18). The van der Waals surface area contributed by atoms with Gasteiger partial charge < -0.3 is 15.4 Å². The summed E-state index contributed by atoms with van der Waals surface area (Å²) in [5.74, 6) is 0.552. The molecule has 102 valence electrons. The Morgan fingerprint density at radius 2 is 2.47 bits per heavy atom. The third-order valence-electron chi connectivity index (χ3n) is 3.92. The smallest absolute Gasteiger partial charge is 0.242 e. The summed E-state index contributed by atoms with van der Waals surface area (Å²) in [5.41, 5.74) is 0.182. The topological polar surface area (TPSA) is 63.2 Å². The first-order valence-electron chi connectivity index (χ1n) is 6.31. The van der Waals surface area contributed by atoms with Crippen LogP contribution in [-0.2, 0) is 9.53 Å². The molecule has 3 atom stereocenters. The fraction of sp³-hybridized carbons (Fsp3) is 0.538. The van der Waals surface area contributed by atoms with Crippen LogP contribution in [0.25, 0.3) is 0 Å². The van der Waals surface area contributed by atoms with Crippen LogP contribution >= 0.6 is 15.9 Å². The second-order valence-electron chi connectivity index (χ2n) is 5.31. The number of nitrogens with one attached hydrogen (secondary N) is 2. The molecule has 3 rings (SSSR count). The van der Waals surface area contributed by atoms with E-state index in [1.54, 1.807) is 13.2 Å². The van der Waals surface area contributed by atoms with Gasteiger partial charge in [-0.2, -0.15) is 0 Å². The Hall–Kier alpha value is -0.980. The van der Waals surface area contributed by atoms with E-state index in [9.17, 15) is 4.79 Å². The number of hydrogen-bond donors (Lipinski definition) is 2. The zero-order chi connectivity index (χ0) is 13.5. The van der Waals surface area contributed by atoms with Crippen molar-refractivity contribution in [2.45, 2.75) is 24.9 Å². The van der Waals surface area contributed by atoms with Gasteiger partial charge in [-0.05, 0) is 40.9 Å². The summed E-state index contributed by atoms with van der Waals surface area (Å²) >= 11 is 3.29. The van der Waals surface area contributed by atoms with Crippen molar-refractivity contribution in [3.8, 4) is 0 Å². The number of hydrogen-bond acceptors (Lipinski definition) is 4. The zero-order valence-corrected chi connectivity index (χ0v) is 12.2. The number of anilines is 1. The van der Waals surface area contributed by atoms with E-state index in [1.165, 1.54) is 0 Å². The monoisotopic (exact) mass is 325 g/mol. The number of amides is 1. The summed E-state index contributed by atoms with van der Waals surface area (Å²) in [4.78, 5) is 16.4. The molecule has 1 aliphatic carbocycles. The number of ether oxygens (including phenoxy) is 1. The summed E-state index contributed by atoms with van der Waals surface area (Å²) in [6.45, 7) is 0.726. The zero-order valence-electron chi connectivity index (χ0n) is 10.6. The van der Waals surface area contributed by atoms with E-state index in [4.69, 9.17) is 4.74 Å². The van der Waals surface area contributed by atoms with E-state index in [-0.39, 0.29) is 17.4 Å². The minimum atomic E-state index is -0.144. The Morgan fingerprint density at radius 3 is 3.21 bits per heavy atom. The Morgan fingerprint density at radius 1 is 1.63 bits per heavy atom. The molecule has 2 heterocycles. The van der Waals surface area contributed by atoms with Crippen molar-refractivity contribution in [3.05, 3.63) is 22.8 Å². The van der Waals surface area contributed by atoms with E-state index in [0.717, 1.165) is 19.4 Å². The molecule has 0 bridgehead atoms. The second kappa shape index (κ2) is 4.85. The molecule has 1 saturated heterocycles. The lowest BCUT2D eigenvalue weighted by Gasteiger charge is -2.15. The van der Waals surface area contributed by atoms with Gasteiger partial charge in [-0.25, -0.2) is 4.98 Å². The number of aromatic nitrogens is 1. The minimum Gasteiger partial charge on any atom is -0.384 e. The summed E-state index contributed by atoms with van der Waals surface area (Å²) in [6.07, 6.45) is 1.95. The third-order valence-corrected chi connectivity index (χ3v) is 4.36. The van der Waals surface area contributed by atoms with Crippen LogP contribution in [0, 0.1) is 5.41 Å². The van der Waals surface area contributed by atoms with Gasteiger partial charge in [0.2, 0.25) is 5.91 Å². The Bertz CT molecular complexity index is 510. The van der Waals surface area contributed by atoms with Crippen molar-refractivity contribution in [2.24, 2.45) is 5.41 Å². The molecule has 3 unspecified atom stereocenters. The van der Waals surface area contributed by atoms with Crippen LogP contribution < -0.4 is 10.6 Å². The summed E-state index contributed by atoms with van der Waals surface area (Å²) in [7, 11) is 1.71. The normalized spacial score (nSPS) is 31.9. The average Bonchev–Trinajstić information content (AvgIpc) is 2.90. The number of piperidine rings is 1. The first kappa shape index (κ1) is 13.0. The fourth-order valence-electron chi connectivity index (χ4n) is 2.88. The number of methoxy groups -OCH3 is 1. The lowest BCUT2D eigenvalue weighted by atomic mass is 10.0. The number of nitrogens with zero attached hydrogens (tertiary/aromatic N) is 1. The van der Waals surface area contributed by atoms with Crippen molar-refractivity contribution in [1.29, 1.82) is 0 Å². The molecule has 2 fully saturated rings. The lowest BCUT2D eigenvalue weighted by molar-refractivity contribution is -0.118. The molecule has 6 heteroatoms. The quantitative estimate of drug-likeness (QED) is 0.824. The minimum absolute atomic E-state index is 0.0201. The fourth-order valence-corrected chi connectivity index (χ4v) is 3.23. The molecule has 1 amide bonds. The third kappa shape index (κ3) is 2.52. The van der Waals surface area contributed by atoms with E-state index in [0.29, 0.717) is 16.5 Å². The van der Waals surface area contributed by atoms with Crippen molar-refractivity contribution in [3.63, 3.8) is 0 Å². The molecule has 1 aromatic heterocycles. The van der Waals surface area contributed by atoms with Gasteiger partial charge in [0.05, 0.1) is 12.6 Å². The van der Waals surface area contributed by atoms with Crippen molar-refractivity contribution in [2.75, 3.05) is 19.0 Å². The Kier molecular flexibility index (Phi) is 3.32. The van der Waals surface area contributed by atoms with E-state index in [1.807, 2.05) is 12.1 Å². The first-order chi connectivity index (χ1) is 9.13. The first-order valence-corrected chi connectivity index (χ1v) is 7.11. The number of pyridine rings is 1. The Balaban J connectivity index is 1.61. The summed E-state index contributed by atoms with van der Waals surface area (Å²) in [5, 5.41) is 6.20. The van der Waals surface area contributed by atoms with Gasteiger partial charge in [-0.1, -0.05) is 6.07 Å². The highest BCUT2D eigenvalue weighted by Gasteiger charge is 2.61. The maximum Gasteiger partial charge on any atom is 0.242 e. The molecule has 0 aromatic carbocycles. The highest BCUT2D eigenvalue weighted by atomic mass is 79.9. The van der Waals surface area contributed by atoms with Crippen molar-refractivity contribution in [1.82, 2.24) is 10.3 Å². The van der Waals surface area contributed by atoms with Crippen LogP contribution in [0.4, 0.5) is 5.82 Å². The second-order valence-corrected chi connectivity index (χ2v) is 6.12. The molecule has 2 N–H and O–H groups in total. The number of carbonyl (C=O) groups is 1. The van der Waals surface area contributed by atoms with E-state index in [2.05, 4.69) is 31.5 Å². The van der Waals surface area contributed by atoms with Crippen LogP contribution in [0.15, 0.2) is 22.8 Å². The van der Waals surface area contributed by atoms with Gasteiger partial charge in [0.1, 0.15) is 10.4 Å². The van der Waals surface area contributed by atoms with Crippen LogP contribution in [0.3, 0.4) is 0 Å². The Labute approximate surface area is 120 Å². The number of halogens is 1. The SMILES string of the molecule is COCC12CC(C(=O)Nc3cccc(Br)n3)NC1C2. The van der Waals surface area contributed by atoms with Gasteiger partial charge in [0, 0.05) is 18.6 Å². The molecule has 1 aliphatic heterocycles. The lowest BCUT2D eigenvalue weighted by Crippen LogP contribution is -2.38. The summed E-state index contributed by atoms with van der Waals surface area (Å²) in [6, 6.07) is 5.74. The predicted octanol–water partition coefficient (Wildman–Crippen LogP) is 1.55. The van der Waals surface area contributed by atoms with Crippen molar-refractivity contribution >= 4 is 27.7 Å². The largest absolute Gasteiger partial charge is 0.384 e.